The smallest absolute Gasteiger partial charge is 0.175 e. The van der Waals surface area contributed by atoms with E-state index < -0.39 is 0 Å². The Morgan fingerprint density at radius 2 is 1.69 bits per heavy atom. The van der Waals surface area contributed by atoms with Gasteiger partial charge in [-0.05, 0) is 68.1 Å². The lowest BCUT2D eigenvalue weighted by molar-refractivity contribution is 0.189. The van der Waals surface area contributed by atoms with Crippen LogP contribution in [-0.2, 0) is 19.4 Å². The van der Waals surface area contributed by atoms with E-state index in [1.807, 2.05) is 19.2 Å². The van der Waals surface area contributed by atoms with Crippen LogP contribution in [0.2, 0.25) is 0 Å². The van der Waals surface area contributed by atoms with Crippen molar-refractivity contribution >= 4 is 23.4 Å². The Bertz CT molecular complexity index is 1370. The predicted octanol–water partition coefficient (Wildman–Crippen LogP) is 5.35. The molecule has 0 unspecified atom stereocenters. The van der Waals surface area contributed by atoms with Crippen molar-refractivity contribution < 1.29 is 9.84 Å². The zero-order valence-electron chi connectivity index (χ0n) is 22.9. The number of piperidine rings is 1. The van der Waals surface area contributed by atoms with Crippen LogP contribution in [0.1, 0.15) is 61.0 Å². The summed E-state index contributed by atoms with van der Waals surface area (Å²) in [5, 5.41) is 11.1. The molecule has 7 rings (SSSR count). The van der Waals surface area contributed by atoms with Crippen molar-refractivity contribution in [2.75, 3.05) is 36.5 Å². The lowest BCUT2D eigenvalue weighted by atomic mass is 9.76. The average molecular weight is 544 g/mol. The van der Waals surface area contributed by atoms with Gasteiger partial charge in [-0.15, -0.1) is 0 Å². The number of aryl methyl sites for hydroxylation is 1. The summed E-state index contributed by atoms with van der Waals surface area (Å²) in [4.78, 5) is 20.3. The van der Waals surface area contributed by atoms with E-state index >= 15 is 0 Å². The molecular formula is C31H37N5O2S. The Hall–Kier alpha value is -2.84. The first-order chi connectivity index (χ1) is 19.0. The van der Waals surface area contributed by atoms with Gasteiger partial charge in [0.25, 0.3) is 0 Å². The molecule has 2 spiro atoms. The summed E-state index contributed by atoms with van der Waals surface area (Å²) >= 11 is 1.56. The number of aromatic nitrogens is 3. The first kappa shape index (κ1) is 25.1. The molecule has 4 heterocycles. The van der Waals surface area contributed by atoms with Gasteiger partial charge in [0.15, 0.2) is 17.4 Å². The third-order valence-electron chi connectivity index (χ3n) is 9.71. The van der Waals surface area contributed by atoms with Gasteiger partial charge in [-0.25, -0.2) is 15.0 Å². The van der Waals surface area contributed by atoms with E-state index in [9.17, 15) is 5.11 Å². The van der Waals surface area contributed by atoms with Crippen LogP contribution in [0.3, 0.4) is 0 Å². The van der Waals surface area contributed by atoms with E-state index in [0.29, 0.717) is 17.7 Å². The quantitative estimate of drug-likeness (QED) is 0.472. The number of ether oxygens (including phenoxy) is 1. The molecule has 4 aliphatic rings. The average Bonchev–Trinajstić information content (AvgIpc) is 3.57. The van der Waals surface area contributed by atoms with Crippen molar-refractivity contribution in [3.63, 3.8) is 0 Å². The first-order valence-electron chi connectivity index (χ1n) is 14.3. The minimum absolute atomic E-state index is 0.0685. The maximum Gasteiger partial charge on any atom is 0.175 e. The molecular weight excluding hydrogens is 506 g/mol. The van der Waals surface area contributed by atoms with Crippen LogP contribution >= 0.6 is 11.8 Å². The number of benzene rings is 1. The number of pyridine rings is 1. The normalized spacial score (nSPS) is 20.8. The van der Waals surface area contributed by atoms with E-state index in [1.54, 1.807) is 11.8 Å². The number of nitrogens with zero attached hydrogens (tertiary/aromatic N) is 5. The van der Waals surface area contributed by atoms with Crippen LogP contribution in [0.4, 0.5) is 11.6 Å². The van der Waals surface area contributed by atoms with Gasteiger partial charge in [-0.3, -0.25) is 0 Å². The molecule has 2 aromatic heterocycles. The van der Waals surface area contributed by atoms with Crippen LogP contribution in [0, 0.1) is 12.3 Å². The van der Waals surface area contributed by atoms with Gasteiger partial charge in [0, 0.05) is 26.3 Å². The van der Waals surface area contributed by atoms with Gasteiger partial charge < -0.3 is 19.6 Å². The molecule has 8 heteroatoms. The third kappa shape index (κ3) is 4.27. The number of anilines is 2. The summed E-state index contributed by atoms with van der Waals surface area (Å²) in [7, 11) is 2.16. The van der Waals surface area contributed by atoms with Crippen LogP contribution < -0.4 is 14.5 Å². The molecule has 7 nitrogen and oxygen atoms in total. The van der Waals surface area contributed by atoms with Crippen molar-refractivity contribution in [3.8, 4) is 5.75 Å². The second-order valence-corrected chi connectivity index (χ2v) is 13.0. The fourth-order valence-corrected chi connectivity index (χ4v) is 8.25. The molecule has 1 N–H and O–H groups in total. The maximum absolute atomic E-state index is 10.3. The van der Waals surface area contributed by atoms with Crippen LogP contribution in [0.5, 0.6) is 5.75 Å². The van der Waals surface area contributed by atoms with E-state index in [1.165, 1.54) is 36.8 Å². The monoisotopic (exact) mass is 543 g/mol. The largest absolute Gasteiger partial charge is 0.486 e. The number of rotatable bonds is 4. The third-order valence-corrected chi connectivity index (χ3v) is 10.8. The molecule has 0 radical (unpaired) electrons. The Morgan fingerprint density at radius 3 is 2.38 bits per heavy atom. The number of aliphatic hydroxyl groups excluding tert-OH is 1. The Morgan fingerprint density at radius 1 is 0.974 bits per heavy atom. The minimum atomic E-state index is -0.126. The number of hydrogen-bond donors (Lipinski definition) is 1. The van der Waals surface area contributed by atoms with E-state index in [2.05, 4.69) is 41.1 Å². The van der Waals surface area contributed by atoms with Crippen molar-refractivity contribution in [2.24, 2.45) is 5.41 Å². The molecule has 1 aromatic carbocycles. The van der Waals surface area contributed by atoms with Gasteiger partial charge >= 0.3 is 0 Å². The maximum atomic E-state index is 10.3. The molecule has 2 fully saturated rings. The summed E-state index contributed by atoms with van der Waals surface area (Å²) in [6.07, 6.45) is 11.3. The molecule has 39 heavy (non-hydrogen) atoms. The highest BCUT2D eigenvalue weighted by atomic mass is 32.2. The standard InChI is InChI=1S/C31H37N5O2S/c1-21-29(39-25-9-14-32-28-26(25)38-20-31(35(28)2)10-5-6-11-31)34-24(19-37)27(33-21)36-15-12-30(13-16-36)17-22-7-3-4-8-23(22)18-30/h3-4,7-9,14,37H,5-6,10-13,15-20H2,1-2H3. The highest BCUT2D eigenvalue weighted by Crippen LogP contribution is 2.49. The van der Waals surface area contributed by atoms with Gasteiger partial charge in [0.1, 0.15) is 17.3 Å². The zero-order valence-corrected chi connectivity index (χ0v) is 23.8. The second kappa shape index (κ2) is 9.66. The highest BCUT2D eigenvalue weighted by molar-refractivity contribution is 7.99. The minimum Gasteiger partial charge on any atom is -0.486 e. The summed E-state index contributed by atoms with van der Waals surface area (Å²) in [5.74, 6) is 2.58. The molecule has 3 aromatic rings. The number of hydrogen-bond acceptors (Lipinski definition) is 8. The SMILES string of the molecule is Cc1nc(N2CCC3(CC2)Cc2ccccc2C3)c(CO)nc1Sc1ccnc2c1OCC1(CCCC1)N2C. The van der Waals surface area contributed by atoms with Crippen molar-refractivity contribution in [1.29, 1.82) is 0 Å². The fourth-order valence-electron chi connectivity index (χ4n) is 7.32. The molecule has 0 amide bonds. The Kier molecular flexibility index (Phi) is 6.23. The summed E-state index contributed by atoms with van der Waals surface area (Å²) in [6.45, 7) is 4.48. The van der Waals surface area contributed by atoms with Gasteiger partial charge in [-0.1, -0.05) is 48.9 Å². The molecule has 2 aliphatic heterocycles. The molecule has 0 bridgehead atoms. The van der Waals surface area contributed by atoms with Crippen LogP contribution in [-0.4, -0.2) is 52.3 Å². The lowest BCUT2D eigenvalue weighted by Gasteiger charge is -2.44. The number of aliphatic hydroxyl groups is 1. The summed E-state index contributed by atoms with van der Waals surface area (Å²) < 4.78 is 6.39. The first-order valence-corrected chi connectivity index (χ1v) is 15.1. The zero-order chi connectivity index (χ0) is 26.6. The van der Waals surface area contributed by atoms with E-state index in [4.69, 9.17) is 19.7 Å². The molecule has 204 valence electrons. The molecule has 1 saturated heterocycles. The number of likely N-dealkylation sites (N-methyl/N-ethyl adjacent to an activating group) is 1. The van der Waals surface area contributed by atoms with Crippen molar-refractivity contribution in [2.45, 2.75) is 80.4 Å². The summed E-state index contributed by atoms with van der Waals surface area (Å²) in [6, 6.07) is 10.9. The topological polar surface area (TPSA) is 74.6 Å². The van der Waals surface area contributed by atoms with E-state index in [0.717, 1.165) is 71.8 Å². The Labute approximate surface area is 235 Å². The molecule has 0 atom stereocenters. The van der Waals surface area contributed by atoms with Gasteiger partial charge in [0.05, 0.1) is 22.7 Å². The highest BCUT2D eigenvalue weighted by Gasteiger charge is 2.44. The summed E-state index contributed by atoms with van der Waals surface area (Å²) in [5.41, 5.74) is 5.00. The van der Waals surface area contributed by atoms with Gasteiger partial charge in [-0.2, -0.15) is 0 Å². The van der Waals surface area contributed by atoms with Crippen molar-refractivity contribution in [3.05, 3.63) is 59.0 Å². The molecule has 1 saturated carbocycles. The van der Waals surface area contributed by atoms with Crippen LogP contribution in [0.15, 0.2) is 46.5 Å². The van der Waals surface area contributed by atoms with E-state index in [-0.39, 0.29) is 12.1 Å². The number of fused-ring (bicyclic) bond motifs is 2. The Balaban J connectivity index is 1.10. The predicted molar refractivity (Wildman–Crippen MR) is 154 cm³/mol. The lowest BCUT2D eigenvalue weighted by Crippen LogP contribution is -2.52. The molecule has 2 aliphatic carbocycles. The second-order valence-electron chi connectivity index (χ2n) is 12.0. The van der Waals surface area contributed by atoms with Crippen molar-refractivity contribution in [1.82, 2.24) is 15.0 Å². The van der Waals surface area contributed by atoms with Gasteiger partial charge in [0.2, 0.25) is 0 Å². The fraction of sp³-hybridized carbons (Fsp3) is 0.516. The van der Waals surface area contributed by atoms with Crippen LogP contribution in [0.25, 0.3) is 0 Å².